The van der Waals surface area contributed by atoms with Gasteiger partial charge >= 0.3 is 0 Å². The number of amides is 3. The average molecular weight is 567 g/mol. The zero-order valence-electron chi connectivity index (χ0n) is 24.0. The van der Waals surface area contributed by atoms with Crippen molar-refractivity contribution in [3.63, 3.8) is 0 Å². The van der Waals surface area contributed by atoms with Gasteiger partial charge in [0.05, 0.1) is 26.3 Å². The summed E-state index contributed by atoms with van der Waals surface area (Å²) < 4.78 is 10.6. The average Bonchev–Trinajstić information content (AvgIpc) is 3.36. The number of hydrogen-bond acceptors (Lipinski definition) is 7. The fourth-order valence-corrected chi connectivity index (χ4v) is 4.79. The van der Waals surface area contributed by atoms with Gasteiger partial charge in [0.2, 0.25) is 11.8 Å². The van der Waals surface area contributed by atoms with Crippen molar-refractivity contribution < 1.29 is 23.9 Å². The molecule has 9 nitrogen and oxygen atoms in total. The highest BCUT2D eigenvalue weighted by Crippen LogP contribution is 2.27. The Morgan fingerprint density at radius 2 is 1.73 bits per heavy atom. The van der Waals surface area contributed by atoms with Gasteiger partial charge in [0.25, 0.3) is 5.91 Å². The van der Waals surface area contributed by atoms with E-state index in [-0.39, 0.29) is 36.6 Å². The fourth-order valence-electron chi connectivity index (χ4n) is 4.06. The second kappa shape index (κ2) is 14.5. The minimum Gasteiger partial charge on any atom is -0.493 e. The molecule has 0 bridgehead atoms. The van der Waals surface area contributed by atoms with Crippen molar-refractivity contribution in [2.45, 2.75) is 33.6 Å². The van der Waals surface area contributed by atoms with E-state index in [4.69, 9.17) is 9.47 Å². The molecular weight excluding hydrogens is 528 g/mol. The van der Waals surface area contributed by atoms with Crippen LogP contribution in [0, 0.1) is 12.8 Å². The summed E-state index contributed by atoms with van der Waals surface area (Å²) >= 11 is 1.25. The van der Waals surface area contributed by atoms with Crippen molar-refractivity contribution >= 4 is 34.2 Å². The number of ether oxygens (including phenoxy) is 2. The summed E-state index contributed by atoms with van der Waals surface area (Å²) in [5.74, 6) is 0.912. The molecule has 0 aliphatic heterocycles. The van der Waals surface area contributed by atoms with Crippen LogP contribution >= 0.6 is 11.3 Å². The van der Waals surface area contributed by atoms with Gasteiger partial charge in [-0.05, 0) is 49.1 Å². The summed E-state index contributed by atoms with van der Waals surface area (Å²) in [7, 11) is 4.94. The number of likely N-dealkylation sites (N-methyl/N-ethyl adjacent to an activating group) is 1. The van der Waals surface area contributed by atoms with Gasteiger partial charge in [0.1, 0.15) is 6.54 Å². The highest BCUT2D eigenvalue weighted by Gasteiger charge is 2.21. The highest BCUT2D eigenvalue weighted by molar-refractivity contribution is 7.13. The third kappa shape index (κ3) is 8.81. The first kappa shape index (κ1) is 30.6. The predicted octanol–water partition coefficient (Wildman–Crippen LogP) is 4.45. The number of nitrogens with one attached hydrogen (secondary N) is 1. The number of thiazole rings is 1. The lowest BCUT2D eigenvalue weighted by molar-refractivity contribution is -0.129. The summed E-state index contributed by atoms with van der Waals surface area (Å²) in [4.78, 5) is 46.3. The van der Waals surface area contributed by atoms with Crippen molar-refractivity contribution in [3.05, 3.63) is 70.2 Å². The number of benzene rings is 2. The van der Waals surface area contributed by atoms with Crippen molar-refractivity contribution in [3.8, 4) is 11.5 Å². The largest absolute Gasteiger partial charge is 0.493 e. The SMILES string of the molecule is COc1ccc(CCN(C)C(=O)Cc2csc(NC(=O)CN(CC(C)C)C(=O)c3ccc(C)cc3)n2)cc1OC. The van der Waals surface area contributed by atoms with E-state index >= 15 is 0 Å². The van der Waals surface area contributed by atoms with Crippen LogP contribution in [0.3, 0.4) is 0 Å². The number of carbonyl (C=O) groups excluding carboxylic acids is 3. The topological polar surface area (TPSA) is 101 Å². The van der Waals surface area contributed by atoms with Gasteiger partial charge in [-0.25, -0.2) is 4.98 Å². The molecule has 3 rings (SSSR count). The third-order valence-electron chi connectivity index (χ3n) is 6.25. The molecule has 0 radical (unpaired) electrons. The second-order valence-corrected chi connectivity index (χ2v) is 10.9. The lowest BCUT2D eigenvalue weighted by Crippen LogP contribution is -2.40. The zero-order chi connectivity index (χ0) is 29.2. The number of aryl methyl sites for hydroxylation is 1. The Labute approximate surface area is 240 Å². The van der Waals surface area contributed by atoms with E-state index in [9.17, 15) is 14.4 Å². The molecule has 0 aliphatic rings. The Morgan fingerprint density at radius 1 is 1.02 bits per heavy atom. The van der Waals surface area contributed by atoms with Crippen LogP contribution in [0.25, 0.3) is 0 Å². The molecule has 40 heavy (non-hydrogen) atoms. The van der Waals surface area contributed by atoms with Crippen LogP contribution in [0.2, 0.25) is 0 Å². The van der Waals surface area contributed by atoms with E-state index < -0.39 is 0 Å². The molecule has 1 heterocycles. The summed E-state index contributed by atoms with van der Waals surface area (Å²) in [6, 6.07) is 13.0. The van der Waals surface area contributed by atoms with Crippen LogP contribution in [-0.4, -0.2) is 73.4 Å². The number of aromatic nitrogens is 1. The Kier molecular flexibility index (Phi) is 11.1. The number of carbonyl (C=O) groups is 3. The molecule has 1 N–H and O–H groups in total. The molecular formula is C30H38N4O5S. The smallest absolute Gasteiger partial charge is 0.254 e. The number of methoxy groups -OCH3 is 2. The van der Waals surface area contributed by atoms with Crippen molar-refractivity contribution in [2.75, 3.05) is 46.2 Å². The molecule has 0 saturated carbocycles. The number of rotatable bonds is 13. The predicted molar refractivity (Wildman–Crippen MR) is 157 cm³/mol. The lowest BCUT2D eigenvalue weighted by atomic mass is 10.1. The highest BCUT2D eigenvalue weighted by atomic mass is 32.1. The van der Waals surface area contributed by atoms with Crippen LogP contribution in [0.15, 0.2) is 47.8 Å². The molecule has 2 aromatic carbocycles. The summed E-state index contributed by atoms with van der Waals surface area (Å²) in [5, 5.41) is 4.94. The van der Waals surface area contributed by atoms with E-state index in [0.717, 1.165) is 11.1 Å². The van der Waals surface area contributed by atoms with Crippen LogP contribution in [0.5, 0.6) is 11.5 Å². The number of anilines is 1. The second-order valence-electron chi connectivity index (χ2n) is 10.1. The molecule has 0 aliphatic carbocycles. The van der Waals surface area contributed by atoms with E-state index in [1.165, 1.54) is 11.3 Å². The number of nitrogens with zero attached hydrogens (tertiary/aromatic N) is 3. The lowest BCUT2D eigenvalue weighted by Gasteiger charge is -2.24. The molecule has 0 unspecified atom stereocenters. The van der Waals surface area contributed by atoms with Crippen LogP contribution in [0.1, 0.15) is 41.0 Å². The van der Waals surface area contributed by atoms with E-state index in [0.29, 0.717) is 47.4 Å². The molecule has 214 valence electrons. The maximum absolute atomic E-state index is 13.1. The van der Waals surface area contributed by atoms with E-state index in [1.54, 1.807) is 48.6 Å². The number of hydrogen-bond donors (Lipinski definition) is 1. The van der Waals surface area contributed by atoms with Crippen LogP contribution in [-0.2, 0) is 22.4 Å². The normalized spacial score (nSPS) is 10.8. The van der Waals surface area contributed by atoms with Gasteiger partial charge in [-0.3, -0.25) is 14.4 Å². The summed E-state index contributed by atoms with van der Waals surface area (Å²) in [5.41, 5.74) is 3.22. The standard InChI is InChI=1S/C30H38N4O5S/c1-20(2)17-34(29(37)23-10-7-21(3)8-11-23)18-27(35)32-30-31-24(19-40-30)16-28(36)33(4)14-13-22-9-12-25(38-5)26(15-22)39-6/h7-12,15,19-20H,13-14,16-18H2,1-6H3,(H,31,32,35). The van der Waals surface area contributed by atoms with Crippen LogP contribution < -0.4 is 14.8 Å². The molecule has 0 atom stereocenters. The van der Waals surface area contributed by atoms with Gasteiger partial charge in [-0.1, -0.05) is 37.6 Å². The molecule has 3 amide bonds. The molecule has 10 heteroatoms. The third-order valence-corrected chi connectivity index (χ3v) is 7.05. The maximum Gasteiger partial charge on any atom is 0.254 e. The van der Waals surface area contributed by atoms with E-state index in [1.807, 2.05) is 51.1 Å². The first-order chi connectivity index (χ1) is 19.1. The zero-order valence-corrected chi connectivity index (χ0v) is 24.8. The van der Waals surface area contributed by atoms with Crippen molar-refractivity contribution in [1.29, 1.82) is 0 Å². The summed E-state index contributed by atoms with van der Waals surface area (Å²) in [6.07, 6.45) is 0.787. The van der Waals surface area contributed by atoms with Gasteiger partial charge in [-0.2, -0.15) is 0 Å². The molecule has 0 spiro atoms. The van der Waals surface area contributed by atoms with Gasteiger partial charge < -0.3 is 24.6 Å². The van der Waals surface area contributed by atoms with Gasteiger partial charge in [0, 0.05) is 31.1 Å². The first-order valence-corrected chi connectivity index (χ1v) is 14.0. The maximum atomic E-state index is 13.1. The fraction of sp³-hybridized carbons (Fsp3) is 0.400. The monoisotopic (exact) mass is 566 g/mol. The van der Waals surface area contributed by atoms with Crippen molar-refractivity contribution in [2.24, 2.45) is 5.92 Å². The Bertz CT molecular complexity index is 1310. The molecule has 0 fully saturated rings. The first-order valence-electron chi connectivity index (χ1n) is 13.1. The molecule has 3 aromatic rings. The van der Waals surface area contributed by atoms with Gasteiger partial charge in [0.15, 0.2) is 16.6 Å². The van der Waals surface area contributed by atoms with Gasteiger partial charge in [-0.15, -0.1) is 11.3 Å². The summed E-state index contributed by atoms with van der Waals surface area (Å²) in [6.45, 7) is 6.86. The molecule has 1 aromatic heterocycles. The quantitative estimate of drug-likeness (QED) is 0.328. The Hall–Kier alpha value is -3.92. The Morgan fingerprint density at radius 3 is 2.38 bits per heavy atom. The minimum absolute atomic E-state index is 0.0737. The van der Waals surface area contributed by atoms with Crippen molar-refractivity contribution in [1.82, 2.24) is 14.8 Å². The van der Waals surface area contributed by atoms with Crippen LogP contribution in [0.4, 0.5) is 5.13 Å². The Balaban J connectivity index is 1.53. The minimum atomic E-state index is -0.333. The molecule has 0 saturated heterocycles. The van der Waals surface area contributed by atoms with E-state index in [2.05, 4.69) is 10.3 Å².